The summed E-state index contributed by atoms with van der Waals surface area (Å²) in [5, 5.41) is 10.8. The highest BCUT2D eigenvalue weighted by Gasteiger charge is 2.20. The molecule has 0 aliphatic rings. The molecule has 0 bridgehead atoms. The van der Waals surface area contributed by atoms with E-state index in [9.17, 15) is 10.1 Å². The van der Waals surface area contributed by atoms with E-state index < -0.39 is 0 Å². The molecular formula is C10H14N2O2. The van der Waals surface area contributed by atoms with Crippen LogP contribution in [0.5, 0.6) is 0 Å². The number of nitro groups is 1. The van der Waals surface area contributed by atoms with E-state index in [1.807, 2.05) is 13.8 Å². The maximum Gasteiger partial charge on any atom is 0.277 e. The molecule has 0 aromatic heterocycles. The van der Waals surface area contributed by atoms with Crippen molar-refractivity contribution in [3.05, 3.63) is 32.4 Å². The van der Waals surface area contributed by atoms with Crippen LogP contribution >= 0.6 is 0 Å². The third-order valence-corrected chi connectivity index (χ3v) is 2.83. The molecule has 0 amide bonds. The second-order valence-electron chi connectivity index (χ2n) is 3.52. The molecule has 1 aromatic rings. The molecule has 0 unspecified atom stereocenters. The summed E-state index contributed by atoms with van der Waals surface area (Å²) in [5.74, 6) is 0. The normalized spacial score (nSPS) is 10.3. The Morgan fingerprint density at radius 3 is 1.93 bits per heavy atom. The van der Waals surface area contributed by atoms with Crippen LogP contribution in [0.25, 0.3) is 0 Å². The molecule has 0 atom stereocenters. The average Bonchev–Trinajstić information content (AvgIpc) is 2.11. The number of benzene rings is 1. The molecule has 76 valence electrons. The molecule has 0 aliphatic heterocycles. The van der Waals surface area contributed by atoms with Crippen LogP contribution in [0.2, 0.25) is 0 Å². The van der Waals surface area contributed by atoms with Crippen molar-refractivity contribution in [1.29, 1.82) is 0 Å². The van der Waals surface area contributed by atoms with Crippen molar-refractivity contribution in [2.75, 3.05) is 5.73 Å². The monoisotopic (exact) mass is 194 g/mol. The van der Waals surface area contributed by atoms with E-state index in [0.29, 0.717) is 16.8 Å². The molecule has 1 aromatic carbocycles. The highest BCUT2D eigenvalue weighted by molar-refractivity contribution is 5.67. The fraction of sp³-hybridized carbons (Fsp3) is 0.400. The molecule has 4 heteroatoms. The summed E-state index contributed by atoms with van der Waals surface area (Å²) >= 11 is 0. The van der Waals surface area contributed by atoms with Crippen LogP contribution in [0.4, 0.5) is 11.4 Å². The van der Waals surface area contributed by atoms with Gasteiger partial charge in [-0.2, -0.15) is 0 Å². The lowest BCUT2D eigenvalue weighted by molar-refractivity contribution is -0.386. The molecule has 0 aliphatic carbocycles. The van der Waals surface area contributed by atoms with E-state index in [4.69, 9.17) is 5.73 Å². The van der Waals surface area contributed by atoms with Gasteiger partial charge in [-0.15, -0.1) is 0 Å². The van der Waals surface area contributed by atoms with Crippen molar-refractivity contribution in [1.82, 2.24) is 0 Å². The number of anilines is 1. The van der Waals surface area contributed by atoms with E-state index in [2.05, 4.69) is 0 Å². The topological polar surface area (TPSA) is 69.2 Å². The zero-order valence-corrected chi connectivity index (χ0v) is 8.84. The van der Waals surface area contributed by atoms with E-state index in [-0.39, 0.29) is 10.6 Å². The fourth-order valence-corrected chi connectivity index (χ4v) is 1.62. The Hall–Kier alpha value is -1.58. The summed E-state index contributed by atoms with van der Waals surface area (Å²) in [6, 6.07) is 0. The van der Waals surface area contributed by atoms with Gasteiger partial charge < -0.3 is 5.73 Å². The Balaban J connectivity index is 3.68. The van der Waals surface area contributed by atoms with Gasteiger partial charge in [0.2, 0.25) is 0 Å². The minimum absolute atomic E-state index is 0.144. The average molecular weight is 194 g/mol. The molecule has 0 spiro atoms. The van der Waals surface area contributed by atoms with Crippen molar-refractivity contribution in [3.8, 4) is 0 Å². The van der Waals surface area contributed by atoms with Gasteiger partial charge in [0, 0.05) is 11.3 Å². The SMILES string of the molecule is Cc1c(C)c(N)c(C)c([N+](=O)[O-])c1C. The number of nitrogens with zero attached hydrogens (tertiary/aromatic N) is 1. The largest absolute Gasteiger partial charge is 0.398 e. The van der Waals surface area contributed by atoms with Crippen LogP contribution in [0.3, 0.4) is 0 Å². The third-order valence-electron chi connectivity index (χ3n) is 2.83. The van der Waals surface area contributed by atoms with Gasteiger partial charge in [0.25, 0.3) is 5.69 Å². The molecule has 14 heavy (non-hydrogen) atoms. The van der Waals surface area contributed by atoms with Crippen LogP contribution in [0.15, 0.2) is 0 Å². The van der Waals surface area contributed by atoms with Gasteiger partial charge in [0.05, 0.1) is 10.5 Å². The van der Waals surface area contributed by atoms with Crippen molar-refractivity contribution in [3.63, 3.8) is 0 Å². The summed E-state index contributed by atoms with van der Waals surface area (Å²) in [6.45, 7) is 7.18. The molecule has 2 N–H and O–H groups in total. The molecule has 0 fully saturated rings. The number of nitrogen functional groups attached to an aromatic ring is 1. The van der Waals surface area contributed by atoms with E-state index in [1.165, 1.54) is 0 Å². The van der Waals surface area contributed by atoms with Crippen molar-refractivity contribution in [2.24, 2.45) is 0 Å². The van der Waals surface area contributed by atoms with Gasteiger partial charge in [-0.25, -0.2) is 0 Å². The molecule has 4 nitrogen and oxygen atoms in total. The molecule has 0 heterocycles. The standard InChI is InChI=1S/C10H14N2O2/c1-5-6(2)9(11)8(4)10(7(5)3)12(13)14/h11H2,1-4H3. The maximum atomic E-state index is 10.8. The van der Waals surface area contributed by atoms with Crippen molar-refractivity contribution >= 4 is 11.4 Å². The lowest BCUT2D eigenvalue weighted by Gasteiger charge is -2.11. The second kappa shape index (κ2) is 3.29. The highest BCUT2D eigenvalue weighted by atomic mass is 16.6. The highest BCUT2D eigenvalue weighted by Crippen LogP contribution is 2.33. The third kappa shape index (κ3) is 1.32. The molecule has 0 saturated carbocycles. The Kier molecular flexibility index (Phi) is 2.47. The van der Waals surface area contributed by atoms with Crippen LogP contribution in [-0.4, -0.2) is 4.92 Å². The quantitative estimate of drug-likeness (QED) is 0.424. The zero-order chi connectivity index (χ0) is 11.0. The van der Waals surface area contributed by atoms with E-state index in [1.54, 1.807) is 13.8 Å². The molecule has 0 saturated heterocycles. The first kappa shape index (κ1) is 10.5. The Morgan fingerprint density at radius 2 is 1.50 bits per heavy atom. The first-order chi connectivity index (χ1) is 6.37. The predicted octanol–water partition coefficient (Wildman–Crippen LogP) is 2.41. The summed E-state index contributed by atoms with van der Waals surface area (Å²) in [5.41, 5.74) is 9.57. The van der Waals surface area contributed by atoms with Gasteiger partial charge in [-0.05, 0) is 38.8 Å². The van der Waals surface area contributed by atoms with Crippen LogP contribution in [0, 0.1) is 37.8 Å². The molecule has 0 radical (unpaired) electrons. The van der Waals surface area contributed by atoms with Crippen molar-refractivity contribution in [2.45, 2.75) is 27.7 Å². The fourth-order valence-electron chi connectivity index (χ4n) is 1.62. The Bertz CT molecular complexity index is 382. The Labute approximate surface area is 82.9 Å². The minimum Gasteiger partial charge on any atom is -0.398 e. The summed E-state index contributed by atoms with van der Waals surface area (Å²) < 4.78 is 0. The van der Waals surface area contributed by atoms with Gasteiger partial charge >= 0.3 is 0 Å². The van der Waals surface area contributed by atoms with Crippen molar-refractivity contribution < 1.29 is 4.92 Å². The predicted molar refractivity (Wildman–Crippen MR) is 56.5 cm³/mol. The number of nitrogens with two attached hydrogens (primary N) is 1. The minimum atomic E-state index is -0.368. The number of hydrogen-bond donors (Lipinski definition) is 1. The Morgan fingerprint density at radius 1 is 1.00 bits per heavy atom. The molecular weight excluding hydrogens is 180 g/mol. The number of nitro benzene ring substituents is 1. The van der Waals surface area contributed by atoms with E-state index in [0.717, 1.165) is 11.1 Å². The lowest BCUT2D eigenvalue weighted by atomic mass is 9.96. The summed E-state index contributed by atoms with van der Waals surface area (Å²) in [4.78, 5) is 10.4. The van der Waals surface area contributed by atoms with E-state index >= 15 is 0 Å². The van der Waals surface area contributed by atoms with Crippen LogP contribution in [-0.2, 0) is 0 Å². The second-order valence-corrected chi connectivity index (χ2v) is 3.52. The summed E-state index contributed by atoms with van der Waals surface area (Å²) in [7, 11) is 0. The van der Waals surface area contributed by atoms with Crippen LogP contribution in [0.1, 0.15) is 22.3 Å². The van der Waals surface area contributed by atoms with Gasteiger partial charge in [-0.3, -0.25) is 10.1 Å². The smallest absolute Gasteiger partial charge is 0.277 e. The maximum absolute atomic E-state index is 10.8. The van der Waals surface area contributed by atoms with Gasteiger partial charge in [0.1, 0.15) is 0 Å². The number of hydrogen-bond acceptors (Lipinski definition) is 3. The molecule has 1 rings (SSSR count). The van der Waals surface area contributed by atoms with Crippen LogP contribution < -0.4 is 5.73 Å². The zero-order valence-electron chi connectivity index (χ0n) is 8.84. The number of rotatable bonds is 1. The lowest BCUT2D eigenvalue weighted by Crippen LogP contribution is -2.04. The first-order valence-corrected chi connectivity index (χ1v) is 4.38. The van der Waals surface area contributed by atoms with Gasteiger partial charge in [0.15, 0.2) is 0 Å². The first-order valence-electron chi connectivity index (χ1n) is 4.38. The summed E-state index contributed by atoms with van der Waals surface area (Å²) in [6.07, 6.45) is 0. The van der Waals surface area contributed by atoms with Gasteiger partial charge in [-0.1, -0.05) is 0 Å².